The molecule has 0 saturated carbocycles. The topological polar surface area (TPSA) is 82.8 Å². The van der Waals surface area contributed by atoms with Crippen molar-refractivity contribution in [3.8, 4) is 0 Å². The van der Waals surface area contributed by atoms with E-state index in [4.69, 9.17) is 5.73 Å². The molecule has 1 amide bonds. The van der Waals surface area contributed by atoms with Gasteiger partial charge in [-0.2, -0.15) is 0 Å². The van der Waals surface area contributed by atoms with E-state index in [0.29, 0.717) is 5.92 Å². The van der Waals surface area contributed by atoms with Crippen molar-refractivity contribution in [2.24, 2.45) is 22.6 Å². The first-order valence-electron chi connectivity index (χ1n) is 9.56. The Morgan fingerprint density at radius 2 is 1.88 bits per heavy atom. The van der Waals surface area contributed by atoms with Crippen LogP contribution in [0.4, 0.5) is 0 Å². The number of carbonyl (C=O) groups is 1. The Hall–Kier alpha value is -1.30. The summed E-state index contributed by atoms with van der Waals surface area (Å²) in [5.74, 6) is 1.58. The fourth-order valence-electron chi connectivity index (χ4n) is 3.15. The number of primary amides is 1. The molecule has 1 heterocycles. The number of rotatable bonds is 10. The van der Waals surface area contributed by atoms with Gasteiger partial charge in [0.15, 0.2) is 5.96 Å². The summed E-state index contributed by atoms with van der Waals surface area (Å²) in [4.78, 5) is 17.9. The Morgan fingerprint density at radius 3 is 2.42 bits per heavy atom. The lowest BCUT2D eigenvalue weighted by molar-refractivity contribution is -0.123. The van der Waals surface area contributed by atoms with Gasteiger partial charge in [0, 0.05) is 26.1 Å². The first kappa shape index (κ1) is 20.7. The van der Waals surface area contributed by atoms with Gasteiger partial charge in [-0.05, 0) is 51.2 Å². The molecule has 6 heteroatoms. The number of piperidine rings is 1. The first-order valence-corrected chi connectivity index (χ1v) is 9.56. The number of unbranched alkanes of at least 4 members (excludes halogenated alkanes) is 1. The number of guanidine groups is 1. The Balaban J connectivity index is 2.07. The molecule has 1 aliphatic rings. The summed E-state index contributed by atoms with van der Waals surface area (Å²) in [5.41, 5.74) is 5.37. The van der Waals surface area contributed by atoms with E-state index < -0.39 is 0 Å². The lowest BCUT2D eigenvalue weighted by Gasteiger charge is -2.30. The summed E-state index contributed by atoms with van der Waals surface area (Å²) in [7, 11) is 1.82. The van der Waals surface area contributed by atoms with Gasteiger partial charge >= 0.3 is 0 Å². The smallest absolute Gasteiger partial charge is 0.220 e. The number of hydrogen-bond donors (Lipinski definition) is 3. The molecule has 0 aromatic heterocycles. The van der Waals surface area contributed by atoms with Gasteiger partial charge in [0.2, 0.25) is 5.91 Å². The Kier molecular flexibility index (Phi) is 10.5. The largest absolute Gasteiger partial charge is 0.369 e. The van der Waals surface area contributed by atoms with Gasteiger partial charge in [0.05, 0.1) is 0 Å². The summed E-state index contributed by atoms with van der Waals surface area (Å²) in [5, 5.41) is 6.80. The van der Waals surface area contributed by atoms with Crippen molar-refractivity contribution in [3.63, 3.8) is 0 Å². The van der Waals surface area contributed by atoms with E-state index >= 15 is 0 Å². The van der Waals surface area contributed by atoms with Crippen LogP contribution in [0.5, 0.6) is 0 Å². The third-order valence-corrected chi connectivity index (χ3v) is 5.12. The Bertz CT molecular complexity index is 374. The van der Waals surface area contributed by atoms with E-state index in [1.807, 2.05) is 7.05 Å². The molecule has 0 unspecified atom stereocenters. The third kappa shape index (κ3) is 7.99. The zero-order valence-corrected chi connectivity index (χ0v) is 15.8. The molecule has 1 saturated heterocycles. The van der Waals surface area contributed by atoms with Crippen LogP contribution in [0.15, 0.2) is 4.99 Å². The fraction of sp³-hybridized carbons (Fsp3) is 0.889. The van der Waals surface area contributed by atoms with E-state index in [1.54, 1.807) is 0 Å². The highest BCUT2D eigenvalue weighted by Gasteiger charge is 2.22. The second-order valence-electron chi connectivity index (χ2n) is 6.79. The lowest BCUT2D eigenvalue weighted by Crippen LogP contribution is -2.40. The molecule has 0 aromatic carbocycles. The van der Waals surface area contributed by atoms with Gasteiger partial charge in [-0.25, -0.2) is 0 Å². The number of amides is 1. The SMILES string of the molecule is CCC(CC)CNC(=NC)NCCCCN1CCC(C(N)=O)CC1. The molecule has 0 atom stereocenters. The third-order valence-electron chi connectivity index (χ3n) is 5.12. The van der Waals surface area contributed by atoms with E-state index in [0.717, 1.165) is 64.4 Å². The zero-order chi connectivity index (χ0) is 17.8. The van der Waals surface area contributed by atoms with Gasteiger partial charge in [0.25, 0.3) is 0 Å². The lowest BCUT2D eigenvalue weighted by atomic mass is 9.96. The average Bonchev–Trinajstić information content (AvgIpc) is 2.60. The molecule has 0 aromatic rings. The minimum atomic E-state index is -0.133. The standard InChI is InChI=1S/C18H37N5O/c1-4-15(5-2)14-22-18(20-3)21-10-6-7-11-23-12-8-16(9-13-23)17(19)24/h15-16H,4-14H2,1-3H3,(H2,19,24)(H2,20,21,22). The van der Waals surface area contributed by atoms with Gasteiger partial charge in [-0.3, -0.25) is 9.79 Å². The van der Waals surface area contributed by atoms with Crippen molar-refractivity contribution in [1.29, 1.82) is 0 Å². The first-order chi connectivity index (χ1) is 11.6. The highest BCUT2D eigenvalue weighted by molar-refractivity contribution is 5.79. The van der Waals surface area contributed by atoms with Gasteiger partial charge < -0.3 is 21.3 Å². The van der Waals surface area contributed by atoms with Crippen LogP contribution >= 0.6 is 0 Å². The summed E-state index contributed by atoms with van der Waals surface area (Å²) < 4.78 is 0. The van der Waals surface area contributed by atoms with Crippen LogP contribution in [0.3, 0.4) is 0 Å². The zero-order valence-electron chi connectivity index (χ0n) is 15.8. The van der Waals surface area contributed by atoms with E-state index in [9.17, 15) is 4.79 Å². The molecule has 1 aliphatic heterocycles. The van der Waals surface area contributed by atoms with Crippen molar-refractivity contribution >= 4 is 11.9 Å². The predicted molar refractivity (Wildman–Crippen MR) is 101 cm³/mol. The number of nitrogens with one attached hydrogen (secondary N) is 2. The number of aliphatic imine (C=N–C) groups is 1. The molecule has 1 fully saturated rings. The van der Waals surface area contributed by atoms with Crippen LogP contribution in [0.1, 0.15) is 52.4 Å². The van der Waals surface area contributed by atoms with Crippen LogP contribution < -0.4 is 16.4 Å². The molecule has 0 aliphatic carbocycles. The molecule has 0 spiro atoms. The van der Waals surface area contributed by atoms with Crippen molar-refractivity contribution in [2.75, 3.05) is 39.8 Å². The molecule has 6 nitrogen and oxygen atoms in total. The average molecular weight is 340 g/mol. The molecule has 24 heavy (non-hydrogen) atoms. The molecular formula is C18H37N5O. The van der Waals surface area contributed by atoms with E-state index in [1.165, 1.54) is 12.8 Å². The predicted octanol–water partition coefficient (Wildman–Crippen LogP) is 1.57. The molecule has 4 N–H and O–H groups in total. The van der Waals surface area contributed by atoms with Gasteiger partial charge in [-0.1, -0.05) is 26.7 Å². The van der Waals surface area contributed by atoms with Crippen molar-refractivity contribution < 1.29 is 4.79 Å². The molecule has 140 valence electrons. The van der Waals surface area contributed by atoms with Crippen LogP contribution in [0.25, 0.3) is 0 Å². The van der Waals surface area contributed by atoms with Crippen molar-refractivity contribution in [3.05, 3.63) is 0 Å². The number of carbonyl (C=O) groups excluding carboxylic acids is 1. The fourth-order valence-corrected chi connectivity index (χ4v) is 3.15. The van der Waals surface area contributed by atoms with E-state index in [-0.39, 0.29) is 11.8 Å². The molecule has 1 rings (SSSR count). The maximum Gasteiger partial charge on any atom is 0.220 e. The molecule has 0 radical (unpaired) electrons. The Labute approximate surface area is 147 Å². The molecule has 0 bridgehead atoms. The highest BCUT2D eigenvalue weighted by Crippen LogP contribution is 2.16. The Morgan fingerprint density at radius 1 is 1.21 bits per heavy atom. The summed E-state index contributed by atoms with van der Waals surface area (Å²) >= 11 is 0. The highest BCUT2D eigenvalue weighted by atomic mass is 16.1. The van der Waals surface area contributed by atoms with Crippen LogP contribution in [0, 0.1) is 11.8 Å². The minimum absolute atomic E-state index is 0.0902. The normalized spacial score (nSPS) is 17.2. The number of nitrogens with zero attached hydrogens (tertiary/aromatic N) is 2. The second-order valence-corrected chi connectivity index (χ2v) is 6.79. The van der Waals surface area contributed by atoms with Gasteiger partial charge in [0.1, 0.15) is 0 Å². The number of hydrogen-bond acceptors (Lipinski definition) is 3. The van der Waals surface area contributed by atoms with Crippen molar-refractivity contribution in [1.82, 2.24) is 15.5 Å². The van der Waals surface area contributed by atoms with Crippen molar-refractivity contribution in [2.45, 2.75) is 52.4 Å². The summed E-state index contributed by atoms with van der Waals surface area (Å²) in [6.07, 6.45) is 6.53. The summed E-state index contributed by atoms with van der Waals surface area (Å²) in [6.45, 7) is 9.50. The monoisotopic (exact) mass is 339 g/mol. The number of nitrogens with two attached hydrogens (primary N) is 1. The molecular weight excluding hydrogens is 302 g/mol. The van der Waals surface area contributed by atoms with Crippen LogP contribution in [-0.2, 0) is 4.79 Å². The maximum atomic E-state index is 11.2. The minimum Gasteiger partial charge on any atom is -0.369 e. The summed E-state index contributed by atoms with van der Waals surface area (Å²) in [6, 6.07) is 0. The van der Waals surface area contributed by atoms with Gasteiger partial charge in [-0.15, -0.1) is 0 Å². The quantitative estimate of drug-likeness (QED) is 0.320. The van der Waals surface area contributed by atoms with Crippen LogP contribution in [-0.4, -0.2) is 56.5 Å². The second kappa shape index (κ2) is 12.1. The number of likely N-dealkylation sites (tertiary alicyclic amines) is 1. The van der Waals surface area contributed by atoms with Crippen LogP contribution in [0.2, 0.25) is 0 Å². The van der Waals surface area contributed by atoms with E-state index in [2.05, 4.69) is 34.4 Å². The maximum absolute atomic E-state index is 11.2.